The SMILES string of the molecule is COc1cc(NC(C)CCc2cccc(C)c2)ccc1F. The lowest BCUT2D eigenvalue weighted by Crippen LogP contribution is -2.16. The number of rotatable bonds is 6. The van der Waals surface area contributed by atoms with Gasteiger partial charge in [0, 0.05) is 17.8 Å². The van der Waals surface area contributed by atoms with Gasteiger partial charge in [-0.2, -0.15) is 0 Å². The smallest absolute Gasteiger partial charge is 0.165 e. The Morgan fingerprint density at radius 2 is 2.00 bits per heavy atom. The second-order valence-electron chi connectivity index (χ2n) is 5.42. The Morgan fingerprint density at radius 3 is 2.71 bits per heavy atom. The molecule has 21 heavy (non-hydrogen) atoms. The maximum atomic E-state index is 13.4. The monoisotopic (exact) mass is 287 g/mol. The molecule has 3 heteroatoms. The van der Waals surface area contributed by atoms with Crippen LogP contribution in [0.2, 0.25) is 0 Å². The van der Waals surface area contributed by atoms with E-state index in [0.29, 0.717) is 6.04 Å². The van der Waals surface area contributed by atoms with Crippen LogP contribution >= 0.6 is 0 Å². The maximum absolute atomic E-state index is 13.4. The number of anilines is 1. The topological polar surface area (TPSA) is 21.3 Å². The zero-order chi connectivity index (χ0) is 15.2. The number of benzene rings is 2. The second kappa shape index (κ2) is 7.11. The van der Waals surface area contributed by atoms with Gasteiger partial charge >= 0.3 is 0 Å². The summed E-state index contributed by atoms with van der Waals surface area (Å²) in [5.41, 5.74) is 3.52. The first-order chi connectivity index (χ1) is 10.1. The Bertz CT molecular complexity index is 598. The van der Waals surface area contributed by atoms with Crippen LogP contribution in [0.4, 0.5) is 10.1 Å². The Balaban J connectivity index is 1.91. The highest BCUT2D eigenvalue weighted by Crippen LogP contribution is 2.22. The summed E-state index contributed by atoms with van der Waals surface area (Å²) in [7, 11) is 1.48. The minimum atomic E-state index is -0.338. The van der Waals surface area contributed by atoms with E-state index in [2.05, 4.69) is 43.4 Å². The van der Waals surface area contributed by atoms with Gasteiger partial charge in [-0.05, 0) is 44.4 Å². The van der Waals surface area contributed by atoms with Gasteiger partial charge in [-0.25, -0.2) is 4.39 Å². The van der Waals surface area contributed by atoms with Gasteiger partial charge in [-0.1, -0.05) is 29.8 Å². The lowest BCUT2D eigenvalue weighted by Gasteiger charge is -2.16. The predicted octanol–water partition coefficient (Wildman–Crippen LogP) is 4.58. The van der Waals surface area contributed by atoms with E-state index in [1.54, 1.807) is 12.1 Å². The van der Waals surface area contributed by atoms with E-state index in [1.165, 1.54) is 24.3 Å². The lowest BCUT2D eigenvalue weighted by molar-refractivity contribution is 0.386. The van der Waals surface area contributed by atoms with E-state index in [0.717, 1.165) is 18.5 Å². The average molecular weight is 287 g/mol. The molecule has 0 bridgehead atoms. The van der Waals surface area contributed by atoms with Crippen LogP contribution in [0.15, 0.2) is 42.5 Å². The van der Waals surface area contributed by atoms with E-state index < -0.39 is 0 Å². The van der Waals surface area contributed by atoms with Gasteiger partial charge in [0.1, 0.15) is 0 Å². The van der Waals surface area contributed by atoms with Gasteiger partial charge < -0.3 is 10.1 Å². The van der Waals surface area contributed by atoms with E-state index in [-0.39, 0.29) is 11.6 Å². The molecule has 0 heterocycles. The summed E-state index contributed by atoms with van der Waals surface area (Å²) in [6.07, 6.45) is 2.04. The molecular formula is C18H22FNO. The summed E-state index contributed by atoms with van der Waals surface area (Å²) >= 11 is 0. The van der Waals surface area contributed by atoms with Crippen LogP contribution in [0.5, 0.6) is 5.75 Å². The van der Waals surface area contributed by atoms with Crippen molar-refractivity contribution in [3.8, 4) is 5.75 Å². The molecule has 1 N–H and O–H groups in total. The number of nitrogens with one attached hydrogen (secondary N) is 1. The zero-order valence-electron chi connectivity index (χ0n) is 12.8. The second-order valence-corrected chi connectivity index (χ2v) is 5.42. The van der Waals surface area contributed by atoms with Crippen LogP contribution in [-0.2, 0) is 6.42 Å². The average Bonchev–Trinajstić information content (AvgIpc) is 2.47. The summed E-state index contributed by atoms with van der Waals surface area (Å²) in [6.45, 7) is 4.24. The van der Waals surface area contributed by atoms with Crippen molar-refractivity contribution in [1.82, 2.24) is 0 Å². The minimum absolute atomic E-state index is 0.269. The molecule has 0 aliphatic heterocycles. The molecule has 0 spiro atoms. The summed E-state index contributed by atoms with van der Waals surface area (Å²) in [6, 6.07) is 13.7. The Labute approximate surface area is 126 Å². The first-order valence-corrected chi connectivity index (χ1v) is 7.24. The molecule has 112 valence electrons. The highest BCUT2D eigenvalue weighted by Gasteiger charge is 2.07. The summed E-state index contributed by atoms with van der Waals surface area (Å²) in [4.78, 5) is 0. The van der Waals surface area contributed by atoms with Crippen molar-refractivity contribution in [2.24, 2.45) is 0 Å². The normalized spacial score (nSPS) is 12.0. The van der Waals surface area contributed by atoms with Crippen LogP contribution in [0.25, 0.3) is 0 Å². The van der Waals surface area contributed by atoms with Crippen molar-refractivity contribution >= 4 is 5.69 Å². The number of hydrogen-bond donors (Lipinski definition) is 1. The third-order valence-electron chi connectivity index (χ3n) is 3.51. The molecule has 0 amide bonds. The van der Waals surface area contributed by atoms with Crippen LogP contribution in [0.3, 0.4) is 0 Å². The summed E-state index contributed by atoms with van der Waals surface area (Å²) in [5.74, 6) is -0.0682. The number of ether oxygens (including phenoxy) is 1. The van der Waals surface area contributed by atoms with Crippen molar-refractivity contribution < 1.29 is 9.13 Å². The molecule has 1 atom stereocenters. The minimum Gasteiger partial charge on any atom is -0.494 e. The van der Waals surface area contributed by atoms with Crippen LogP contribution in [0, 0.1) is 12.7 Å². The fraction of sp³-hybridized carbons (Fsp3) is 0.333. The molecular weight excluding hydrogens is 265 g/mol. The van der Waals surface area contributed by atoms with Crippen molar-refractivity contribution in [2.45, 2.75) is 32.7 Å². The van der Waals surface area contributed by atoms with E-state index in [9.17, 15) is 4.39 Å². The molecule has 0 radical (unpaired) electrons. The van der Waals surface area contributed by atoms with Crippen LogP contribution in [0.1, 0.15) is 24.5 Å². The van der Waals surface area contributed by atoms with Crippen molar-refractivity contribution in [2.75, 3.05) is 12.4 Å². The predicted molar refractivity (Wildman–Crippen MR) is 85.5 cm³/mol. The Kier molecular flexibility index (Phi) is 5.20. The zero-order valence-corrected chi connectivity index (χ0v) is 12.8. The van der Waals surface area contributed by atoms with Crippen molar-refractivity contribution in [3.05, 3.63) is 59.4 Å². The molecule has 0 aliphatic rings. The number of methoxy groups -OCH3 is 1. The molecule has 2 aromatic carbocycles. The first-order valence-electron chi connectivity index (χ1n) is 7.24. The molecule has 0 aliphatic carbocycles. The Hall–Kier alpha value is -2.03. The van der Waals surface area contributed by atoms with Crippen LogP contribution in [-0.4, -0.2) is 13.2 Å². The van der Waals surface area contributed by atoms with Gasteiger partial charge in [-0.3, -0.25) is 0 Å². The largest absolute Gasteiger partial charge is 0.494 e. The fourth-order valence-electron chi connectivity index (χ4n) is 2.36. The molecule has 2 rings (SSSR count). The lowest BCUT2D eigenvalue weighted by atomic mass is 10.0. The van der Waals surface area contributed by atoms with Crippen LogP contribution < -0.4 is 10.1 Å². The van der Waals surface area contributed by atoms with Gasteiger partial charge in [-0.15, -0.1) is 0 Å². The Morgan fingerprint density at radius 1 is 1.19 bits per heavy atom. The molecule has 1 unspecified atom stereocenters. The highest BCUT2D eigenvalue weighted by molar-refractivity contribution is 5.49. The van der Waals surface area contributed by atoms with E-state index in [4.69, 9.17) is 4.74 Å². The van der Waals surface area contributed by atoms with Crippen molar-refractivity contribution in [3.63, 3.8) is 0 Å². The number of halogens is 1. The molecule has 0 saturated heterocycles. The maximum Gasteiger partial charge on any atom is 0.165 e. The molecule has 2 nitrogen and oxygen atoms in total. The third kappa shape index (κ3) is 4.48. The first kappa shape index (κ1) is 15.4. The van der Waals surface area contributed by atoms with Gasteiger partial charge in [0.2, 0.25) is 0 Å². The van der Waals surface area contributed by atoms with Gasteiger partial charge in [0.25, 0.3) is 0 Å². The van der Waals surface area contributed by atoms with Gasteiger partial charge in [0.05, 0.1) is 7.11 Å². The van der Waals surface area contributed by atoms with Crippen molar-refractivity contribution in [1.29, 1.82) is 0 Å². The van der Waals surface area contributed by atoms with Gasteiger partial charge in [0.15, 0.2) is 11.6 Å². The quantitative estimate of drug-likeness (QED) is 0.840. The molecule has 0 aromatic heterocycles. The number of hydrogen-bond acceptors (Lipinski definition) is 2. The molecule has 0 fully saturated rings. The number of aryl methyl sites for hydroxylation is 2. The van der Waals surface area contributed by atoms with E-state index in [1.807, 2.05) is 0 Å². The molecule has 2 aromatic rings. The summed E-state index contributed by atoms with van der Waals surface area (Å²) in [5, 5.41) is 3.38. The van der Waals surface area contributed by atoms with E-state index >= 15 is 0 Å². The standard InChI is InChI=1S/C18H22FNO/c1-13-5-4-6-15(11-13)8-7-14(2)20-16-9-10-17(19)18(12-16)21-3/h4-6,9-12,14,20H,7-8H2,1-3H3. The fourth-order valence-corrected chi connectivity index (χ4v) is 2.36. The molecule has 0 saturated carbocycles. The highest BCUT2D eigenvalue weighted by atomic mass is 19.1. The summed E-state index contributed by atoms with van der Waals surface area (Å²) < 4.78 is 18.4. The third-order valence-corrected chi connectivity index (χ3v) is 3.51.